The first kappa shape index (κ1) is 16.2. The Hall–Kier alpha value is -1.88. The van der Waals surface area contributed by atoms with Gasteiger partial charge in [-0.1, -0.05) is 18.2 Å². The SMILES string of the molecule is CCN(C(=O)C(=O)NCCCCCO)c1ccccc1. The van der Waals surface area contributed by atoms with E-state index in [1.807, 2.05) is 25.1 Å². The van der Waals surface area contributed by atoms with Gasteiger partial charge >= 0.3 is 11.8 Å². The first-order chi connectivity index (χ1) is 9.70. The molecule has 0 heterocycles. The molecule has 0 atom stereocenters. The molecule has 20 heavy (non-hydrogen) atoms. The molecule has 0 radical (unpaired) electrons. The second-order valence-corrected chi connectivity index (χ2v) is 4.43. The maximum atomic E-state index is 12.1. The zero-order chi connectivity index (χ0) is 14.8. The number of amides is 2. The molecular weight excluding hydrogens is 256 g/mol. The third-order valence-electron chi connectivity index (χ3n) is 2.94. The monoisotopic (exact) mass is 278 g/mol. The normalized spacial score (nSPS) is 10.1. The lowest BCUT2D eigenvalue weighted by molar-refractivity contribution is -0.137. The van der Waals surface area contributed by atoms with Crippen LogP contribution in [0.2, 0.25) is 0 Å². The minimum absolute atomic E-state index is 0.157. The summed E-state index contributed by atoms with van der Waals surface area (Å²) in [4.78, 5) is 25.3. The van der Waals surface area contributed by atoms with E-state index in [1.165, 1.54) is 4.90 Å². The van der Waals surface area contributed by atoms with Gasteiger partial charge in [0, 0.05) is 25.4 Å². The summed E-state index contributed by atoms with van der Waals surface area (Å²) in [6.45, 7) is 2.89. The molecule has 0 aromatic heterocycles. The number of carbonyl (C=O) groups is 2. The molecule has 0 unspecified atom stereocenters. The summed E-state index contributed by atoms with van der Waals surface area (Å²) in [5, 5.41) is 11.3. The summed E-state index contributed by atoms with van der Waals surface area (Å²) in [5.74, 6) is -1.12. The lowest BCUT2D eigenvalue weighted by Gasteiger charge is -2.20. The average Bonchev–Trinajstić information content (AvgIpc) is 2.48. The molecule has 1 rings (SSSR count). The molecule has 1 aromatic rings. The van der Waals surface area contributed by atoms with Crippen LogP contribution in [0.4, 0.5) is 5.69 Å². The number of benzene rings is 1. The fourth-order valence-electron chi connectivity index (χ4n) is 1.87. The highest BCUT2D eigenvalue weighted by atomic mass is 16.3. The smallest absolute Gasteiger partial charge is 0.316 e. The largest absolute Gasteiger partial charge is 0.396 e. The number of nitrogens with zero attached hydrogens (tertiary/aromatic N) is 1. The number of para-hydroxylation sites is 1. The van der Waals surface area contributed by atoms with E-state index in [1.54, 1.807) is 12.1 Å². The second kappa shape index (κ2) is 9.09. The minimum atomic E-state index is -0.584. The number of rotatable bonds is 7. The maximum Gasteiger partial charge on any atom is 0.316 e. The van der Waals surface area contributed by atoms with Gasteiger partial charge in [0.05, 0.1) is 0 Å². The number of likely N-dealkylation sites (N-methyl/N-ethyl adjacent to an activating group) is 1. The van der Waals surface area contributed by atoms with Crippen molar-refractivity contribution in [3.8, 4) is 0 Å². The fourth-order valence-corrected chi connectivity index (χ4v) is 1.87. The van der Waals surface area contributed by atoms with Crippen LogP contribution >= 0.6 is 0 Å². The zero-order valence-electron chi connectivity index (χ0n) is 11.8. The first-order valence-corrected chi connectivity index (χ1v) is 6.96. The molecule has 2 N–H and O–H groups in total. The van der Waals surface area contributed by atoms with Crippen molar-refractivity contribution in [3.63, 3.8) is 0 Å². The van der Waals surface area contributed by atoms with Crippen molar-refractivity contribution >= 4 is 17.5 Å². The maximum absolute atomic E-state index is 12.1. The summed E-state index contributed by atoms with van der Waals surface area (Å²) in [6.07, 6.45) is 2.31. The van der Waals surface area contributed by atoms with Crippen LogP contribution in [0, 0.1) is 0 Å². The van der Waals surface area contributed by atoms with Gasteiger partial charge in [0.15, 0.2) is 0 Å². The number of carbonyl (C=O) groups excluding carboxylic acids is 2. The van der Waals surface area contributed by atoms with Crippen molar-refractivity contribution in [1.82, 2.24) is 5.32 Å². The van der Waals surface area contributed by atoms with Gasteiger partial charge in [0.1, 0.15) is 0 Å². The van der Waals surface area contributed by atoms with E-state index in [0.29, 0.717) is 13.1 Å². The number of nitrogens with one attached hydrogen (secondary N) is 1. The van der Waals surface area contributed by atoms with E-state index in [4.69, 9.17) is 5.11 Å². The Balaban J connectivity index is 2.48. The molecule has 0 aliphatic heterocycles. The van der Waals surface area contributed by atoms with Crippen LogP contribution in [0.1, 0.15) is 26.2 Å². The van der Waals surface area contributed by atoms with Gasteiger partial charge in [0.25, 0.3) is 0 Å². The Morgan fingerprint density at radius 1 is 1.15 bits per heavy atom. The van der Waals surface area contributed by atoms with Gasteiger partial charge in [-0.2, -0.15) is 0 Å². The van der Waals surface area contributed by atoms with E-state index >= 15 is 0 Å². The van der Waals surface area contributed by atoms with Gasteiger partial charge in [-0.3, -0.25) is 9.59 Å². The standard InChI is InChI=1S/C15H22N2O3/c1-2-17(13-9-5-3-6-10-13)15(20)14(19)16-11-7-4-8-12-18/h3,5-6,9-10,18H,2,4,7-8,11-12H2,1H3,(H,16,19). The van der Waals surface area contributed by atoms with Gasteiger partial charge in [-0.25, -0.2) is 0 Å². The van der Waals surface area contributed by atoms with Crippen molar-refractivity contribution in [1.29, 1.82) is 0 Å². The van der Waals surface area contributed by atoms with Crippen molar-refractivity contribution in [2.24, 2.45) is 0 Å². The lowest BCUT2D eigenvalue weighted by Crippen LogP contribution is -2.43. The average molecular weight is 278 g/mol. The highest BCUT2D eigenvalue weighted by Gasteiger charge is 2.21. The second-order valence-electron chi connectivity index (χ2n) is 4.43. The zero-order valence-corrected chi connectivity index (χ0v) is 11.8. The number of hydrogen-bond acceptors (Lipinski definition) is 3. The molecule has 0 fully saturated rings. The van der Waals surface area contributed by atoms with Gasteiger partial charge in [-0.15, -0.1) is 0 Å². The molecule has 0 aliphatic carbocycles. The molecule has 5 heteroatoms. The van der Waals surface area contributed by atoms with E-state index in [9.17, 15) is 9.59 Å². The van der Waals surface area contributed by atoms with Crippen LogP contribution in [-0.2, 0) is 9.59 Å². The Kier molecular flexibility index (Phi) is 7.35. The van der Waals surface area contributed by atoms with Gasteiger partial charge < -0.3 is 15.3 Å². The Bertz CT molecular complexity index is 420. The van der Waals surface area contributed by atoms with Crippen LogP contribution in [0.3, 0.4) is 0 Å². The predicted molar refractivity (Wildman–Crippen MR) is 78.4 cm³/mol. The summed E-state index contributed by atoms with van der Waals surface area (Å²) in [7, 11) is 0. The van der Waals surface area contributed by atoms with Crippen LogP contribution in [0.5, 0.6) is 0 Å². The number of aliphatic hydroxyl groups excluding tert-OH is 1. The van der Waals surface area contributed by atoms with E-state index in [-0.39, 0.29) is 6.61 Å². The van der Waals surface area contributed by atoms with Crippen molar-refractivity contribution < 1.29 is 14.7 Å². The molecule has 0 spiro atoms. The van der Waals surface area contributed by atoms with Crippen LogP contribution in [0.25, 0.3) is 0 Å². The predicted octanol–water partition coefficient (Wildman–Crippen LogP) is 1.32. The molecule has 110 valence electrons. The third kappa shape index (κ3) is 5.01. The lowest BCUT2D eigenvalue weighted by atomic mass is 10.2. The third-order valence-corrected chi connectivity index (χ3v) is 2.94. The molecule has 1 aromatic carbocycles. The van der Waals surface area contributed by atoms with E-state index < -0.39 is 11.8 Å². The number of aliphatic hydroxyl groups is 1. The molecule has 0 bridgehead atoms. The number of anilines is 1. The van der Waals surface area contributed by atoms with Crippen LogP contribution < -0.4 is 10.2 Å². The Labute approximate surface area is 119 Å². The van der Waals surface area contributed by atoms with Gasteiger partial charge in [-0.05, 0) is 38.3 Å². The summed E-state index contributed by atoms with van der Waals surface area (Å²) >= 11 is 0. The van der Waals surface area contributed by atoms with Gasteiger partial charge in [0.2, 0.25) is 0 Å². The number of hydrogen-bond donors (Lipinski definition) is 2. The molecular formula is C15H22N2O3. The minimum Gasteiger partial charge on any atom is -0.396 e. The quantitative estimate of drug-likeness (QED) is 0.584. The topological polar surface area (TPSA) is 69.6 Å². The Morgan fingerprint density at radius 2 is 1.85 bits per heavy atom. The molecule has 0 saturated carbocycles. The fraction of sp³-hybridized carbons (Fsp3) is 0.467. The highest BCUT2D eigenvalue weighted by molar-refractivity contribution is 6.40. The molecule has 2 amide bonds. The van der Waals surface area contributed by atoms with Crippen molar-refractivity contribution in [3.05, 3.63) is 30.3 Å². The van der Waals surface area contributed by atoms with E-state index in [2.05, 4.69) is 5.32 Å². The van der Waals surface area contributed by atoms with Crippen molar-refractivity contribution in [2.75, 3.05) is 24.6 Å². The Morgan fingerprint density at radius 3 is 2.45 bits per heavy atom. The van der Waals surface area contributed by atoms with Crippen LogP contribution in [0.15, 0.2) is 30.3 Å². The summed E-state index contributed by atoms with van der Waals surface area (Å²) in [5.41, 5.74) is 0.718. The first-order valence-electron chi connectivity index (χ1n) is 6.96. The van der Waals surface area contributed by atoms with Crippen LogP contribution in [-0.4, -0.2) is 36.6 Å². The van der Waals surface area contributed by atoms with E-state index in [0.717, 1.165) is 24.9 Å². The highest BCUT2D eigenvalue weighted by Crippen LogP contribution is 2.12. The summed E-state index contributed by atoms with van der Waals surface area (Å²) < 4.78 is 0. The molecule has 5 nitrogen and oxygen atoms in total. The summed E-state index contributed by atoms with van der Waals surface area (Å²) in [6, 6.07) is 9.13. The number of unbranched alkanes of at least 4 members (excludes halogenated alkanes) is 2. The molecule has 0 saturated heterocycles. The van der Waals surface area contributed by atoms with Crippen molar-refractivity contribution in [2.45, 2.75) is 26.2 Å². The molecule has 0 aliphatic rings.